The molecule has 0 aliphatic heterocycles. The van der Waals surface area contributed by atoms with Gasteiger partial charge in [-0.3, -0.25) is 4.79 Å². The van der Waals surface area contributed by atoms with Crippen molar-refractivity contribution < 1.29 is 18.7 Å². The van der Waals surface area contributed by atoms with Crippen LogP contribution in [0.1, 0.15) is 10.4 Å². The fourth-order valence-electron chi connectivity index (χ4n) is 1.69. The Morgan fingerprint density at radius 2 is 1.76 bits per heavy atom. The predicted molar refractivity (Wildman–Crippen MR) is 84.6 cm³/mol. The Kier molecular flexibility index (Phi) is 5.36. The van der Waals surface area contributed by atoms with Crippen molar-refractivity contribution in [1.29, 1.82) is 0 Å². The van der Waals surface area contributed by atoms with E-state index in [9.17, 15) is 9.18 Å². The summed E-state index contributed by atoms with van der Waals surface area (Å²) in [4.78, 5) is 11.9. The topological polar surface area (TPSA) is 35.5 Å². The van der Waals surface area contributed by atoms with E-state index in [1.165, 1.54) is 18.2 Å². The Morgan fingerprint density at radius 1 is 1.14 bits per heavy atom. The lowest BCUT2D eigenvalue weighted by Crippen LogP contribution is -2.13. The van der Waals surface area contributed by atoms with Gasteiger partial charge in [-0.1, -0.05) is 12.1 Å². The molecule has 0 spiro atoms. The van der Waals surface area contributed by atoms with E-state index in [2.05, 4.69) is 31.9 Å². The van der Waals surface area contributed by atoms with Crippen molar-refractivity contribution in [1.82, 2.24) is 0 Å². The number of rotatable bonds is 5. The summed E-state index contributed by atoms with van der Waals surface area (Å²) in [6.07, 6.45) is 0. The van der Waals surface area contributed by atoms with Crippen LogP contribution in [-0.2, 0) is 0 Å². The Morgan fingerprint density at radius 3 is 2.43 bits per heavy atom. The van der Waals surface area contributed by atoms with Gasteiger partial charge < -0.3 is 9.47 Å². The minimum atomic E-state index is -0.555. The maximum atomic E-state index is 13.5. The first kappa shape index (κ1) is 16.0. The summed E-state index contributed by atoms with van der Waals surface area (Å²) >= 11 is 6.67. The number of halogens is 3. The highest BCUT2D eigenvalue weighted by molar-refractivity contribution is 9.11. The Labute approximate surface area is 138 Å². The van der Waals surface area contributed by atoms with E-state index in [-0.39, 0.29) is 12.2 Å². The van der Waals surface area contributed by atoms with Crippen molar-refractivity contribution in [2.75, 3.05) is 13.7 Å². The molecular weight excluding hydrogens is 407 g/mol. The molecule has 0 atom stereocenters. The summed E-state index contributed by atoms with van der Waals surface area (Å²) in [5.41, 5.74) is 0.0150. The van der Waals surface area contributed by atoms with Gasteiger partial charge in [0.15, 0.2) is 6.61 Å². The van der Waals surface area contributed by atoms with Gasteiger partial charge in [0.1, 0.15) is 17.3 Å². The van der Waals surface area contributed by atoms with E-state index in [1.807, 2.05) is 0 Å². The number of benzene rings is 2. The first-order valence-corrected chi connectivity index (χ1v) is 7.55. The van der Waals surface area contributed by atoms with Gasteiger partial charge in [0.05, 0.1) is 21.6 Å². The molecule has 2 rings (SSSR count). The number of methoxy groups -OCH3 is 1. The molecule has 0 saturated carbocycles. The molecule has 0 aromatic heterocycles. The molecule has 110 valence electrons. The molecule has 6 heteroatoms. The van der Waals surface area contributed by atoms with Crippen molar-refractivity contribution in [3.8, 4) is 11.5 Å². The van der Waals surface area contributed by atoms with Crippen LogP contribution in [0.5, 0.6) is 11.5 Å². The van der Waals surface area contributed by atoms with Gasteiger partial charge in [0.25, 0.3) is 0 Å². The van der Waals surface area contributed by atoms with Gasteiger partial charge in [-0.15, -0.1) is 0 Å². The van der Waals surface area contributed by atoms with Crippen molar-refractivity contribution in [3.63, 3.8) is 0 Å². The maximum Gasteiger partial charge on any atom is 0.203 e. The molecule has 2 aromatic carbocycles. The smallest absolute Gasteiger partial charge is 0.203 e. The van der Waals surface area contributed by atoms with Crippen LogP contribution in [0.15, 0.2) is 45.3 Å². The maximum absolute atomic E-state index is 13.5. The molecule has 3 nitrogen and oxygen atoms in total. The summed E-state index contributed by atoms with van der Waals surface area (Å²) in [5, 5.41) is 0. The molecular formula is C15H11Br2FO3. The largest absolute Gasteiger partial charge is 0.496 e. The van der Waals surface area contributed by atoms with Gasteiger partial charge in [0.2, 0.25) is 5.78 Å². The first-order valence-electron chi connectivity index (χ1n) is 5.96. The van der Waals surface area contributed by atoms with E-state index in [0.29, 0.717) is 20.4 Å². The highest BCUT2D eigenvalue weighted by Gasteiger charge is 2.14. The monoisotopic (exact) mass is 416 g/mol. The molecule has 0 fully saturated rings. The molecule has 21 heavy (non-hydrogen) atoms. The average Bonchev–Trinajstić information content (AvgIpc) is 2.47. The average molecular weight is 418 g/mol. The third-order valence-corrected chi connectivity index (χ3v) is 3.98. The van der Waals surface area contributed by atoms with Crippen LogP contribution in [0.4, 0.5) is 4.39 Å². The van der Waals surface area contributed by atoms with E-state index in [0.717, 1.165) is 0 Å². The quantitative estimate of drug-likeness (QED) is 0.666. The van der Waals surface area contributed by atoms with Gasteiger partial charge >= 0.3 is 0 Å². The van der Waals surface area contributed by atoms with Crippen LogP contribution in [0.25, 0.3) is 0 Å². The van der Waals surface area contributed by atoms with Crippen LogP contribution in [0, 0.1) is 5.82 Å². The lowest BCUT2D eigenvalue weighted by atomic mass is 10.1. The number of carbonyl (C=O) groups is 1. The Bertz CT molecular complexity index is 674. The van der Waals surface area contributed by atoms with E-state index in [1.54, 1.807) is 25.3 Å². The summed E-state index contributed by atoms with van der Waals surface area (Å²) in [6, 6.07) is 9.21. The molecule has 2 aromatic rings. The molecule has 0 aliphatic carbocycles. The van der Waals surface area contributed by atoms with E-state index in [4.69, 9.17) is 9.47 Å². The molecule has 0 saturated heterocycles. The van der Waals surface area contributed by atoms with Gasteiger partial charge in [-0.25, -0.2) is 4.39 Å². The third-order valence-electron chi connectivity index (χ3n) is 2.74. The number of Topliss-reactive ketones (excluding diaryl/α,β-unsaturated/α-hetero) is 1. The fraction of sp³-hybridized carbons (Fsp3) is 0.133. The first-order chi connectivity index (χ1) is 10.0. The van der Waals surface area contributed by atoms with Crippen LogP contribution in [-0.4, -0.2) is 19.5 Å². The van der Waals surface area contributed by atoms with E-state index >= 15 is 0 Å². The number of hydrogen-bond donors (Lipinski definition) is 0. The molecule has 0 heterocycles. The normalized spacial score (nSPS) is 10.3. The second-order valence-electron chi connectivity index (χ2n) is 4.11. The van der Waals surface area contributed by atoms with Gasteiger partial charge in [0, 0.05) is 0 Å². The highest BCUT2D eigenvalue weighted by atomic mass is 79.9. The van der Waals surface area contributed by atoms with Crippen molar-refractivity contribution in [2.45, 2.75) is 0 Å². The second-order valence-corrected chi connectivity index (χ2v) is 5.82. The summed E-state index contributed by atoms with van der Waals surface area (Å²) in [6.45, 7) is -0.252. The zero-order valence-electron chi connectivity index (χ0n) is 11.0. The van der Waals surface area contributed by atoms with Crippen LogP contribution >= 0.6 is 31.9 Å². The molecule has 0 unspecified atom stereocenters. The predicted octanol–water partition coefficient (Wildman–Crippen LogP) is 4.62. The van der Waals surface area contributed by atoms with E-state index < -0.39 is 11.6 Å². The van der Waals surface area contributed by atoms with Crippen LogP contribution in [0.2, 0.25) is 0 Å². The molecule has 0 N–H and O–H groups in total. The fourth-order valence-corrected chi connectivity index (χ4v) is 2.61. The Hall–Kier alpha value is -1.40. The van der Waals surface area contributed by atoms with Crippen molar-refractivity contribution >= 4 is 37.6 Å². The lowest BCUT2D eigenvalue weighted by Gasteiger charge is -2.11. The minimum Gasteiger partial charge on any atom is -0.496 e. The Balaban J connectivity index is 2.12. The molecule has 0 aliphatic rings. The lowest BCUT2D eigenvalue weighted by molar-refractivity contribution is 0.0917. The summed E-state index contributed by atoms with van der Waals surface area (Å²) < 4.78 is 25.4. The van der Waals surface area contributed by atoms with Gasteiger partial charge in [-0.05, 0) is 56.1 Å². The van der Waals surface area contributed by atoms with Gasteiger partial charge in [-0.2, -0.15) is 0 Å². The zero-order valence-corrected chi connectivity index (χ0v) is 14.2. The minimum absolute atomic E-state index is 0.0150. The number of ether oxygens (including phenoxy) is 2. The molecule has 0 bridgehead atoms. The number of carbonyl (C=O) groups excluding carboxylic acids is 1. The van der Waals surface area contributed by atoms with Crippen molar-refractivity contribution in [3.05, 3.63) is 56.7 Å². The second kappa shape index (κ2) is 7.04. The molecule has 0 radical (unpaired) electrons. The zero-order chi connectivity index (χ0) is 15.4. The third kappa shape index (κ3) is 3.83. The van der Waals surface area contributed by atoms with Crippen molar-refractivity contribution in [2.24, 2.45) is 0 Å². The van der Waals surface area contributed by atoms with Crippen LogP contribution in [0.3, 0.4) is 0 Å². The summed E-state index contributed by atoms with van der Waals surface area (Å²) in [7, 11) is 1.55. The standard InChI is InChI=1S/C15H11Br2FO3/c1-20-14-6-11(17)15(7-10(14)16)21-8-13(19)9-4-2-3-5-12(9)18/h2-7H,8H2,1H3. The highest BCUT2D eigenvalue weighted by Crippen LogP contribution is 2.36. The number of hydrogen-bond acceptors (Lipinski definition) is 3. The van der Waals surface area contributed by atoms with Crippen LogP contribution < -0.4 is 9.47 Å². The molecule has 0 amide bonds. The SMILES string of the molecule is COc1cc(Br)c(OCC(=O)c2ccccc2F)cc1Br. The number of ketones is 1. The summed E-state index contributed by atoms with van der Waals surface area (Å²) in [5.74, 6) is 0.120.